The Morgan fingerprint density at radius 2 is 1.76 bits per heavy atom. The first-order chi connectivity index (χ1) is 16.0. The zero-order valence-electron chi connectivity index (χ0n) is 16.7. The van der Waals surface area contributed by atoms with Crippen LogP contribution in [0.3, 0.4) is 0 Å². The minimum absolute atomic E-state index is 0.0621. The van der Waals surface area contributed by atoms with Gasteiger partial charge in [-0.25, -0.2) is 19.3 Å². The molecule has 0 aliphatic carbocycles. The quantitative estimate of drug-likeness (QED) is 0.420. The summed E-state index contributed by atoms with van der Waals surface area (Å²) in [7, 11) is 0. The van der Waals surface area contributed by atoms with Crippen LogP contribution in [0.5, 0.6) is 5.88 Å². The van der Waals surface area contributed by atoms with Crippen LogP contribution in [0.15, 0.2) is 73.3 Å². The Kier molecular flexibility index (Phi) is 6.39. The molecule has 0 spiro atoms. The van der Waals surface area contributed by atoms with Gasteiger partial charge in [0, 0.05) is 24.0 Å². The van der Waals surface area contributed by atoms with Crippen LogP contribution in [0, 0.1) is 5.82 Å². The molecule has 33 heavy (non-hydrogen) atoms. The minimum atomic E-state index is -2.97. The van der Waals surface area contributed by atoms with E-state index < -0.39 is 12.5 Å². The molecule has 1 amide bonds. The standard InChI is InChI=1S/C22H15F3N6O2/c23-14-3-1-13(2-4-14)16-7-9-26-12-18(16)30-20(32)17-8-10-27-22(31-17)29-15-5-6-19(28-11-15)33-21(24)25/h1-12,21H,(H,30,32)(H,27,29,31). The Morgan fingerprint density at radius 3 is 2.48 bits per heavy atom. The molecule has 0 saturated heterocycles. The lowest BCUT2D eigenvalue weighted by molar-refractivity contribution is -0.0528. The van der Waals surface area contributed by atoms with Crippen molar-refractivity contribution in [3.05, 3.63) is 84.8 Å². The molecule has 1 aromatic carbocycles. The molecule has 4 aromatic rings. The molecule has 0 radical (unpaired) electrons. The molecule has 0 saturated carbocycles. The van der Waals surface area contributed by atoms with E-state index in [1.165, 1.54) is 48.9 Å². The van der Waals surface area contributed by atoms with Gasteiger partial charge in [0.15, 0.2) is 0 Å². The fourth-order valence-corrected chi connectivity index (χ4v) is 2.85. The summed E-state index contributed by atoms with van der Waals surface area (Å²) >= 11 is 0. The number of carbonyl (C=O) groups is 1. The number of alkyl halides is 2. The van der Waals surface area contributed by atoms with Crippen LogP contribution in [0.4, 0.5) is 30.5 Å². The minimum Gasteiger partial charge on any atom is -0.417 e. The van der Waals surface area contributed by atoms with Crippen LogP contribution in [0.1, 0.15) is 10.5 Å². The maximum absolute atomic E-state index is 13.3. The number of anilines is 3. The number of hydrogen-bond donors (Lipinski definition) is 2. The second-order valence-corrected chi connectivity index (χ2v) is 6.54. The molecule has 0 atom stereocenters. The summed E-state index contributed by atoms with van der Waals surface area (Å²) in [5, 5.41) is 5.57. The van der Waals surface area contributed by atoms with E-state index in [2.05, 4.69) is 35.3 Å². The van der Waals surface area contributed by atoms with Gasteiger partial charge in [-0.05, 0) is 35.9 Å². The van der Waals surface area contributed by atoms with Crippen molar-refractivity contribution in [3.8, 4) is 17.0 Å². The highest BCUT2D eigenvalue weighted by molar-refractivity contribution is 6.05. The number of aromatic nitrogens is 4. The van der Waals surface area contributed by atoms with E-state index >= 15 is 0 Å². The van der Waals surface area contributed by atoms with Crippen molar-refractivity contribution >= 4 is 23.2 Å². The molecule has 0 aliphatic heterocycles. The van der Waals surface area contributed by atoms with E-state index in [4.69, 9.17) is 0 Å². The summed E-state index contributed by atoms with van der Waals surface area (Å²) in [6, 6.07) is 11.7. The maximum Gasteiger partial charge on any atom is 0.388 e. The van der Waals surface area contributed by atoms with Crippen molar-refractivity contribution in [2.24, 2.45) is 0 Å². The third-order valence-electron chi connectivity index (χ3n) is 4.32. The SMILES string of the molecule is O=C(Nc1cnccc1-c1ccc(F)cc1)c1ccnc(Nc2ccc(OC(F)F)nc2)n1. The number of pyridine rings is 2. The molecule has 166 valence electrons. The summed E-state index contributed by atoms with van der Waals surface area (Å²) in [4.78, 5) is 28.8. The van der Waals surface area contributed by atoms with Crippen LogP contribution in [-0.2, 0) is 0 Å². The third kappa shape index (κ3) is 5.58. The average Bonchev–Trinajstić information content (AvgIpc) is 2.81. The number of hydrogen-bond acceptors (Lipinski definition) is 7. The lowest BCUT2D eigenvalue weighted by Crippen LogP contribution is -2.15. The topological polar surface area (TPSA) is 102 Å². The van der Waals surface area contributed by atoms with Crippen molar-refractivity contribution < 1.29 is 22.7 Å². The molecule has 4 rings (SSSR count). The van der Waals surface area contributed by atoms with Gasteiger partial charge < -0.3 is 15.4 Å². The van der Waals surface area contributed by atoms with Crippen LogP contribution < -0.4 is 15.4 Å². The van der Waals surface area contributed by atoms with Gasteiger partial charge >= 0.3 is 6.61 Å². The predicted molar refractivity (Wildman–Crippen MR) is 114 cm³/mol. The van der Waals surface area contributed by atoms with Gasteiger partial charge in [-0.1, -0.05) is 12.1 Å². The van der Waals surface area contributed by atoms with Gasteiger partial charge in [-0.15, -0.1) is 0 Å². The first-order valence-electron chi connectivity index (χ1n) is 9.50. The molecule has 0 unspecified atom stereocenters. The zero-order valence-corrected chi connectivity index (χ0v) is 16.7. The highest BCUT2D eigenvalue weighted by atomic mass is 19.3. The molecule has 0 fully saturated rings. The highest BCUT2D eigenvalue weighted by Crippen LogP contribution is 2.27. The van der Waals surface area contributed by atoms with Gasteiger partial charge in [0.05, 0.1) is 23.8 Å². The Hall–Kier alpha value is -4.54. The number of rotatable bonds is 7. The molecule has 3 aromatic heterocycles. The maximum atomic E-state index is 13.3. The molecular weight excluding hydrogens is 437 g/mol. The van der Waals surface area contributed by atoms with E-state index in [1.807, 2.05) is 0 Å². The number of amides is 1. The largest absolute Gasteiger partial charge is 0.417 e. The third-order valence-corrected chi connectivity index (χ3v) is 4.32. The summed E-state index contributed by atoms with van der Waals surface area (Å²) in [5.41, 5.74) is 2.24. The first kappa shape index (κ1) is 21.7. The Morgan fingerprint density at radius 1 is 0.939 bits per heavy atom. The van der Waals surface area contributed by atoms with E-state index in [1.54, 1.807) is 24.4 Å². The van der Waals surface area contributed by atoms with Crippen molar-refractivity contribution in [1.82, 2.24) is 19.9 Å². The van der Waals surface area contributed by atoms with E-state index in [0.29, 0.717) is 22.5 Å². The molecule has 11 heteroatoms. The van der Waals surface area contributed by atoms with Crippen molar-refractivity contribution in [3.63, 3.8) is 0 Å². The fraction of sp³-hybridized carbons (Fsp3) is 0.0455. The molecule has 0 bridgehead atoms. The molecule has 8 nitrogen and oxygen atoms in total. The Labute approximate surface area is 185 Å². The van der Waals surface area contributed by atoms with Crippen molar-refractivity contribution in [2.75, 3.05) is 10.6 Å². The van der Waals surface area contributed by atoms with Gasteiger partial charge in [-0.3, -0.25) is 9.78 Å². The summed E-state index contributed by atoms with van der Waals surface area (Å²) < 4.78 is 41.9. The molecular formula is C22H15F3N6O2. The smallest absolute Gasteiger partial charge is 0.388 e. The summed E-state index contributed by atoms with van der Waals surface area (Å²) in [5.74, 6) is -1.03. The fourth-order valence-electron chi connectivity index (χ4n) is 2.85. The Bertz CT molecular complexity index is 1250. The molecule has 2 N–H and O–H groups in total. The van der Waals surface area contributed by atoms with Gasteiger partial charge in [0.25, 0.3) is 5.91 Å². The van der Waals surface area contributed by atoms with Gasteiger partial charge in [-0.2, -0.15) is 8.78 Å². The predicted octanol–water partition coefficient (Wildman–Crippen LogP) is 4.67. The second kappa shape index (κ2) is 9.73. The average molecular weight is 452 g/mol. The summed E-state index contributed by atoms with van der Waals surface area (Å²) in [6.45, 7) is -2.97. The number of halogens is 3. The van der Waals surface area contributed by atoms with Gasteiger partial charge in [0.2, 0.25) is 11.8 Å². The van der Waals surface area contributed by atoms with Crippen LogP contribution in [0.2, 0.25) is 0 Å². The van der Waals surface area contributed by atoms with E-state index in [0.717, 1.165) is 0 Å². The van der Waals surface area contributed by atoms with Crippen LogP contribution >= 0.6 is 0 Å². The van der Waals surface area contributed by atoms with E-state index in [-0.39, 0.29) is 23.3 Å². The number of benzene rings is 1. The van der Waals surface area contributed by atoms with E-state index in [9.17, 15) is 18.0 Å². The lowest BCUT2D eigenvalue weighted by atomic mass is 10.1. The zero-order chi connectivity index (χ0) is 23.2. The number of nitrogens with zero attached hydrogens (tertiary/aromatic N) is 4. The summed E-state index contributed by atoms with van der Waals surface area (Å²) in [6.07, 6.45) is 5.69. The normalized spacial score (nSPS) is 10.7. The van der Waals surface area contributed by atoms with Crippen LogP contribution in [-0.4, -0.2) is 32.5 Å². The number of nitrogens with one attached hydrogen (secondary N) is 2. The molecule has 3 heterocycles. The monoisotopic (exact) mass is 452 g/mol. The van der Waals surface area contributed by atoms with Gasteiger partial charge in [0.1, 0.15) is 11.5 Å². The van der Waals surface area contributed by atoms with Crippen molar-refractivity contribution in [2.45, 2.75) is 6.61 Å². The number of ether oxygens (including phenoxy) is 1. The second-order valence-electron chi connectivity index (χ2n) is 6.54. The number of carbonyl (C=O) groups excluding carboxylic acids is 1. The van der Waals surface area contributed by atoms with Crippen LogP contribution in [0.25, 0.3) is 11.1 Å². The lowest BCUT2D eigenvalue weighted by Gasteiger charge is -2.11. The molecule has 0 aliphatic rings. The Balaban J connectivity index is 1.49. The first-order valence-corrected chi connectivity index (χ1v) is 9.50. The highest BCUT2D eigenvalue weighted by Gasteiger charge is 2.13. The van der Waals surface area contributed by atoms with Crippen molar-refractivity contribution in [1.29, 1.82) is 0 Å².